The molecule has 12 heteroatoms. The molecule has 1 aromatic carbocycles. The minimum Gasteiger partial charge on any atom is -0.368 e. The number of nitrogens with zero attached hydrogens (tertiary/aromatic N) is 7. The van der Waals surface area contributed by atoms with Crippen molar-refractivity contribution in [1.29, 1.82) is 0 Å². The van der Waals surface area contributed by atoms with Crippen LogP contribution in [0.2, 0.25) is 0 Å². The van der Waals surface area contributed by atoms with Crippen LogP contribution in [0.5, 0.6) is 0 Å². The number of rotatable bonds is 6. The number of aromatic nitrogens is 7. The fraction of sp³-hybridized carbons (Fsp3) is 0.300. The van der Waals surface area contributed by atoms with Gasteiger partial charge in [-0.1, -0.05) is 0 Å². The smallest absolute Gasteiger partial charge is 0.276 e. The highest BCUT2D eigenvalue weighted by Gasteiger charge is 2.20. The van der Waals surface area contributed by atoms with Crippen LogP contribution in [-0.2, 0) is 6.42 Å². The largest absolute Gasteiger partial charge is 0.368 e. The van der Waals surface area contributed by atoms with E-state index in [1.807, 2.05) is 6.92 Å². The number of anilines is 1. The van der Waals surface area contributed by atoms with Crippen LogP contribution >= 0.6 is 0 Å². The van der Waals surface area contributed by atoms with Crippen LogP contribution in [0.25, 0.3) is 16.6 Å². The molecule has 0 bridgehead atoms. The lowest BCUT2D eigenvalue weighted by molar-refractivity contribution is 0.0729. The monoisotopic (exact) mass is 441 g/mol. The second-order valence-corrected chi connectivity index (χ2v) is 7.03. The summed E-state index contributed by atoms with van der Waals surface area (Å²) in [5, 5.41) is 14.4. The highest BCUT2D eigenvalue weighted by molar-refractivity contribution is 5.92. The van der Waals surface area contributed by atoms with Gasteiger partial charge in [-0.25, -0.2) is 18.7 Å². The molecular weight excluding hydrogens is 420 g/mol. The molecule has 4 rings (SSSR count). The van der Waals surface area contributed by atoms with Gasteiger partial charge in [0.25, 0.3) is 5.91 Å². The maximum absolute atomic E-state index is 14.0. The van der Waals surface area contributed by atoms with Crippen molar-refractivity contribution in [2.75, 3.05) is 12.8 Å². The van der Waals surface area contributed by atoms with E-state index < -0.39 is 11.6 Å². The number of aromatic amines is 1. The van der Waals surface area contributed by atoms with Gasteiger partial charge in [0.05, 0.1) is 11.6 Å². The van der Waals surface area contributed by atoms with E-state index >= 15 is 0 Å². The predicted molar refractivity (Wildman–Crippen MR) is 113 cm³/mol. The van der Waals surface area contributed by atoms with Crippen LogP contribution in [0.4, 0.5) is 14.7 Å². The predicted octanol–water partition coefficient (Wildman–Crippen LogP) is 1.99. The molecule has 3 aromatic heterocycles. The van der Waals surface area contributed by atoms with Crippen molar-refractivity contribution in [2.45, 2.75) is 32.2 Å². The zero-order chi connectivity index (χ0) is 23.4. The molecule has 0 saturated carbocycles. The molecule has 4 aromatic rings. The Labute approximate surface area is 181 Å². The minimum atomic E-state index is -0.808. The normalized spacial score (nSPS) is 11.8. The molecule has 0 aliphatic carbocycles. The van der Waals surface area contributed by atoms with Crippen molar-refractivity contribution >= 4 is 28.4 Å². The summed E-state index contributed by atoms with van der Waals surface area (Å²) in [4.78, 5) is 22.3. The number of fused-ring (bicyclic) bond motifs is 3. The SMILES string of the molecule is C#C.C[C@@H](CCCc1nc2c3cc(F)cc(F)c3nc(N)n2n1)N(C)C(=O)c1cn[nH]n1. The second kappa shape index (κ2) is 9.34. The third kappa shape index (κ3) is 4.31. The van der Waals surface area contributed by atoms with Gasteiger partial charge >= 0.3 is 0 Å². The Morgan fingerprint density at radius 2 is 2.06 bits per heavy atom. The molecule has 0 saturated heterocycles. The summed E-state index contributed by atoms with van der Waals surface area (Å²) < 4.78 is 29.0. The first-order chi connectivity index (χ1) is 15.3. The van der Waals surface area contributed by atoms with E-state index in [1.54, 1.807) is 11.9 Å². The van der Waals surface area contributed by atoms with Crippen molar-refractivity contribution in [3.63, 3.8) is 0 Å². The number of H-pyrrole nitrogens is 1. The maximum Gasteiger partial charge on any atom is 0.276 e. The molecule has 0 radical (unpaired) electrons. The van der Waals surface area contributed by atoms with E-state index in [9.17, 15) is 13.6 Å². The van der Waals surface area contributed by atoms with E-state index in [2.05, 4.69) is 43.3 Å². The quantitative estimate of drug-likeness (QED) is 0.438. The van der Waals surface area contributed by atoms with E-state index in [0.29, 0.717) is 25.1 Å². The molecule has 0 unspecified atom stereocenters. The van der Waals surface area contributed by atoms with Crippen LogP contribution in [-0.4, -0.2) is 58.9 Å². The Bertz CT molecular complexity index is 1270. The topological polar surface area (TPSA) is 131 Å². The zero-order valence-electron chi connectivity index (χ0n) is 17.5. The van der Waals surface area contributed by atoms with Gasteiger partial charge < -0.3 is 10.6 Å². The summed E-state index contributed by atoms with van der Waals surface area (Å²) in [5.41, 5.74) is 6.31. The maximum atomic E-state index is 14.0. The molecule has 1 atom stereocenters. The number of aryl methyl sites for hydroxylation is 1. The van der Waals surface area contributed by atoms with Crippen molar-refractivity contribution in [2.24, 2.45) is 0 Å². The number of terminal acetylenes is 1. The van der Waals surface area contributed by atoms with Gasteiger partial charge in [-0.2, -0.15) is 19.9 Å². The van der Waals surface area contributed by atoms with Crippen LogP contribution in [0.1, 0.15) is 36.1 Å². The first kappa shape index (κ1) is 22.5. The lowest BCUT2D eigenvalue weighted by Gasteiger charge is -2.23. The lowest BCUT2D eigenvalue weighted by atomic mass is 10.1. The number of carbonyl (C=O) groups is 1. The van der Waals surface area contributed by atoms with Crippen molar-refractivity contribution < 1.29 is 13.6 Å². The highest BCUT2D eigenvalue weighted by atomic mass is 19.1. The Balaban J connectivity index is 0.00000141. The number of nitrogens with two attached hydrogens (primary N) is 1. The third-order valence-corrected chi connectivity index (χ3v) is 5.00. The molecular formula is C20H21F2N9O. The summed E-state index contributed by atoms with van der Waals surface area (Å²) in [6.45, 7) is 1.93. The Morgan fingerprint density at radius 3 is 2.75 bits per heavy atom. The van der Waals surface area contributed by atoms with Crippen LogP contribution in [0.3, 0.4) is 0 Å². The van der Waals surface area contributed by atoms with E-state index in [-0.39, 0.29) is 40.1 Å². The molecule has 3 N–H and O–H groups in total. The van der Waals surface area contributed by atoms with Crippen molar-refractivity contribution in [1.82, 2.24) is 39.9 Å². The molecule has 0 aliphatic heterocycles. The number of carbonyl (C=O) groups excluding carboxylic acids is 1. The summed E-state index contributed by atoms with van der Waals surface area (Å²) in [6, 6.07) is 1.86. The number of hydrogen-bond donors (Lipinski definition) is 2. The van der Waals surface area contributed by atoms with Gasteiger partial charge in [0.2, 0.25) is 5.95 Å². The second-order valence-electron chi connectivity index (χ2n) is 7.03. The zero-order valence-corrected chi connectivity index (χ0v) is 17.5. The van der Waals surface area contributed by atoms with Crippen molar-refractivity contribution in [3.8, 4) is 12.8 Å². The summed E-state index contributed by atoms with van der Waals surface area (Å²) in [6.07, 6.45) is 11.2. The van der Waals surface area contributed by atoms with Crippen molar-refractivity contribution in [3.05, 3.63) is 41.5 Å². The highest BCUT2D eigenvalue weighted by Crippen LogP contribution is 2.23. The van der Waals surface area contributed by atoms with Gasteiger partial charge in [-0.05, 0) is 25.8 Å². The van der Waals surface area contributed by atoms with Gasteiger partial charge in [-0.3, -0.25) is 4.79 Å². The van der Waals surface area contributed by atoms with Crippen LogP contribution < -0.4 is 5.73 Å². The molecule has 0 aliphatic rings. The summed E-state index contributed by atoms with van der Waals surface area (Å²) in [5.74, 6) is -1.33. The fourth-order valence-electron chi connectivity index (χ4n) is 3.24. The van der Waals surface area contributed by atoms with Gasteiger partial charge in [-0.15, -0.1) is 17.9 Å². The first-order valence-corrected chi connectivity index (χ1v) is 9.61. The average molecular weight is 441 g/mol. The molecule has 32 heavy (non-hydrogen) atoms. The number of nitrogens with one attached hydrogen (secondary N) is 1. The minimum absolute atomic E-state index is 0.0342. The summed E-state index contributed by atoms with van der Waals surface area (Å²) in [7, 11) is 1.70. The van der Waals surface area contributed by atoms with E-state index in [4.69, 9.17) is 5.73 Å². The van der Waals surface area contributed by atoms with Gasteiger partial charge in [0, 0.05) is 25.6 Å². The van der Waals surface area contributed by atoms with Gasteiger partial charge in [0.1, 0.15) is 11.3 Å². The average Bonchev–Trinajstić information content (AvgIpc) is 3.46. The molecule has 10 nitrogen and oxygen atoms in total. The number of hydrogen-bond acceptors (Lipinski definition) is 7. The Morgan fingerprint density at radius 1 is 1.31 bits per heavy atom. The Hall–Kier alpha value is -4.14. The molecule has 1 amide bonds. The standard InChI is InChI=1S/C18H19F2N9O.C2H2/c1-9(28(2)17(30)13-8-22-27-25-13)4-3-5-14-23-16-11-6-10(19)7-12(20)15(11)24-18(21)29(16)26-14;1-2/h6-9H,3-5H2,1-2H3,(H2,21,24)(H,22,25,27);1-2H/t9-;/m0./s1. The van der Waals surface area contributed by atoms with E-state index in [1.165, 1.54) is 10.7 Å². The fourth-order valence-corrected chi connectivity index (χ4v) is 3.24. The molecule has 166 valence electrons. The number of benzene rings is 1. The van der Waals surface area contributed by atoms with E-state index in [0.717, 1.165) is 12.1 Å². The third-order valence-electron chi connectivity index (χ3n) is 5.00. The number of halogens is 2. The van der Waals surface area contributed by atoms with Gasteiger partial charge in [0.15, 0.2) is 23.0 Å². The molecule has 0 fully saturated rings. The van der Waals surface area contributed by atoms with Crippen LogP contribution in [0, 0.1) is 24.5 Å². The van der Waals surface area contributed by atoms with Crippen LogP contribution in [0.15, 0.2) is 18.3 Å². The molecule has 0 spiro atoms. The number of amides is 1. The summed E-state index contributed by atoms with van der Waals surface area (Å²) >= 11 is 0. The lowest BCUT2D eigenvalue weighted by Crippen LogP contribution is -2.35. The Kier molecular flexibility index (Phi) is 6.58. The number of nitrogen functional groups attached to an aromatic ring is 1. The molecule has 3 heterocycles. The first-order valence-electron chi connectivity index (χ1n) is 9.61.